The third-order valence-corrected chi connectivity index (χ3v) is 5.59. The summed E-state index contributed by atoms with van der Waals surface area (Å²) in [5, 5.41) is 2.00. The first-order valence-corrected chi connectivity index (χ1v) is 10.8. The van der Waals surface area contributed by atoms with E-state index in [1.807, 2.05) is 40.6 Å². The second kappa shape index (κ2) is 12.0. The minimum absolute atomic E-state index is 0.0516. The monoisotopic (exact) mass is 430 g/mol. The maximum absolute atomic E-state index is 13.1. The van der Waals surface area contributed by atoms with E-state index in [2.05, 4.69) is 6.58 Å². The lowest BCUT2D eigenvalue weighted by Crippen LogP contribution is -2.43. The lowest BCUT2D eigenvalue weighted by atomic mass is 10.1. The first-order valence-electron chi connectivity index (χ1n) is 9.92. The van der Waals surface area contributed by atoms with Crippen LogP contribution in [0.4, 0.5) is 0 Å². The third-order valence-electron chi connectivity index (χ3n) is 4.73. The lowest BCUT2D eigenvalue weighted by Gasteiger charge is -2.27. The molecule has 0 aliphatic heterocycles. The summed E-state index contributed by atoms with van der Waals surface area (Å²) in [4.78, 5) is 29.7. The SMILES string of the molecule is C=CCN(CC(=O)N(CCc1ccc(OC)c(OC)c1)Cc1cccs1)C(=O)CC. The van der Waals surface area contributed by atoms with Gasteiger partial charge in [-0.05, 0) is 35.6 Å². The van der Waals surface area contributed by atoms with Crippen molar-refractivity contribution in [2.24, 2.45) is 0 Å². The number of nitrogens with zero attached hydrogens (tertiary/aromatic N) is 2. The molecule has 6 nitrogen and oxygen atoms in total. The molecule has 2 rings (SSSR count). The molecule has 0 bridgehead atoms. The molecule has 0 radical (unpaired) electrons. The summed E-state index contributed by atoms with van der Waals surface area (Å²) >= 11 is 1.61. The van der Waals surface area contributed by atoms with E-state index in [1.54, 1.807) is 43.5 Å². The van der Waals surface area contributed by atoms with Gasteiger partial charge in [0.15, 0.2) is 11.5 Å². The van der Waals surface area contributed by atoms with E-state index in [9.17, 15) is 9.59 Å². The van der Waals surface area contributed by atoms with Gasteiger partial charge < -0.3 is 19.3 Å². The summed E-state index contributed by atoms with van der Waals surface area (Å²) in [5.74, 6) is 1.20. The molecule has 7 heteroatoms. The maximum atomic E-state index is 13.1. The Morgan fingerprint density at radius 2 is 1.87 bits per heavy atom. The van der Waals surface area contributed by atoms with Crippen molar-refractivity contribution in [3.05, 3.63) is 58.8 Å². The molecule has 0 fully saturated rings. The highest BCUT2D eigenvalue weighted by atomic mass is 32.1. The molecule has 1 aromatic carbocycles. The molecule has 0 spiro atoms. The summed E-state index contributed by atoms with van der Waals surface area (Å²) < 4.78 is 10.7. The van der Waals surface area contributed by atoms with Crippen LogP contribution in [0.2, 0.25) is 0 Å². The number of ether oxygens (including phenoxy) is 2. The largest absolute Gasteiger partial charge is 0.493 e. The molecule has 0 unspecified atom stereocenters. The molecule has 30 heavy (non-hydrogen) atoms. The Morgan fingerprint density at radius 3 is 2.47 bits per heavy atom. The van der Waals surface area contributed by atoms with Crippen LogP contribution in [0.3, 0.4) is 0 Å². The summed E-state index contributed by atoms with van der Waals surface area (Å²) in [7, 11) is 3.21. The molecule has 0 aliphatic rings. The van der Waals surface area contributed by atoms with Crippen molar-refractivity contribution in [1.82, 2.24) is 9.80 Å². The van der Waals surface area contributed by atoms with Gasteiger partial charge in [-0.15, -0.1) is 17.9 Å². The quantitative estimate of drug-likeness (QED) is 0.481. The van der Waals surface area contributed by atoms with Gasteiger partial charge in [-0.2, -0.15) is 0 Å². The number of rotatable bonds is 12. The van der Waals surface area contributed by atoms with Crippen LogP contribution in [0, 0.1) is 0 Å². The van der Waals surface area contributed by atoms with Gasteiger partial charge in [0.1, 0.15) is 6.54 Å². The zero-order valence-electron chi connectivity index (χ0n) is 17.9. The molecule has 0 aliphatic carbocycles. The van der Waals surface area contributed by atoms with Crippen LogP contribution in [-0.4, -0.2) is 55.5 Å². The zero-order valence-corrected chi connectivity index (χ0v) is 18.7. The number of methoxy groups -OCH3 is 2. The van der Waals surface area contributed by atoms with E-state index < -0.39 is 0 Å². The highest BCUT2D eigenvalue weighted by Crippen LogP contribution is 2.27. The molecule has 0 atom stereocenters. The molecule has 2 amide bonds. The fourth-order valence-corrected chi connectivity index (χ4v) is 3.80. The first kappa shape index (κ1) is 23.5. The minimum Gasteiger partial charge on any atom is -0.493 e. The van der Waals surface area contributed by atoms with Gasteiger partial charge in [0, 0.05) is 24.4 Å². The van der Waals surface area contributed by atoms with Gasteiger partial charge >= 0.3 is 0 Å². The number of carbonyl (C=O) groups excluding carboxylic acids is 2. The second-order valence-electron chi connectivity index (χ2n) is 6.75. The van der Waals surface area contributed by atoms with Crippen molar-refractivity contribution in [2.45, 2.75) is 26.3 Å². The van der Waals surface area contributed by atoms with Crippen LogP contribution in [0.5, 0.6) is 11.5 Å². The topological polar surface area (TPSA) is 59.1 Å². The Morgan fingerprint density at radius 1 is 1.10 bits per heavy atom. The maximum Gasteiger partial charge on any atom is 0.242 e. The van der Waals surface area contributed by atoms with Gasteiger partial charge in [0.25, 0.3) is 0 Å². The van der Waals surface area contributed by atoms with Crippen LogP contribution < -0.4 is 9.47 Å². The average molecular weight is 431 g/mol. The Bertz CT molecular complexity index is 836. The number of amides is 2. The Labute approximate surface area is 182 Å². The summed E-state index contributed by atoms with van der Waals surface area (Å²) in [6, 6.07) is 9.75. The summed E-state index contributed by atoms with van der Waals surface area (Å²) in [5.41, 5.74) is 1.05. The van der Waals surface area contributed by atoms with E-state index >= 15 is 0 Å². The van der Waals surface area contributed by atoms with E-state index in [-0.39, 0.29) is 18.4 Å². The summed E-state index contributed by atoms with van der Waals surface area (Å²) in [6.07, 6.45) is 2.67. The van der Waals surface area contributed by atoms with E-state index in [4.69, 9.17) is 9.47 Å². The lowest BCUT2D eigenvalue weighted by molar-refractivity contribution is -0.140. The van der Waals surface area contributed by atoms with Crippen molar-refractivity contribution in [3.8, 4) is 11.5 Å². The Balaban J connectivity index is 2.13. The number of thiophene rings is 1. The Kier molecular flexibility index (Phi) is 9.41. The molecule has 2 aromatic rings. The van der Waals surface area contributed by atoms with Crippen molar-refractivity contribution >= 4 is 23.2 Å². The molecular formula is C23H30N2O4S. The molecule has 1 aromatic heterocycles. The number of benzene rings is 1. The number of hydrogen-bond donors (Lipinski definition) is 0. The average Bonchev–Trinajstić information content (AvgIpc) is 3.28. The van der Waals surface area contributed by atoms with Gasteiger partial charge in [0.05, 0.1) is 20.8 Å². The molecule has 0 saturated heterocycles. The van der Waals surface area contributed by atoms with E-state index in [1.165, 1.54) is 0 Å². The predicted octanol–water partition coefficient (Wildman–Crippen LogP) is 3.76. The van der Waals surface area contributed by atoms with Crippen molar-refractivity contribution in [3.63, 3.8) is 0 Å². The van der Waals surface area contributed by atoms with Gasteiger partial charge in [-0.25, -0.2) is 0 Å². The third kappa shape index (κ3) is 6.62. The van der Waals surface area contributed by atoms with Crippen LogP contribution in [0.1, 0.15) is 23.8 Å². The summed E-state index contributed by atoms with van der Waals surface area (Å²) in [6.45, 7) is 6.96. The zero-order chi connectivity index (χ0) is 21.9. The van der Waals surface area contributed by atoms with Gasteiger partial charge in [-0.3, -0.25) is 9.59 Å². The standard InChI is InChI=1S/C23H30N2O4S/c1-5-12-24(22(26)6-2)17-23(27)25(16-19-8-7-14-30-19)13-11-18-9-10-20(28-3)21(15-18)29-4/h5,7-10,14-15H,1,6,11-13,16-17H2,2-4H3. The highest BCUT2D eigenvalue weighted by molar-refractivity contribution is 7.09. The van der Waals surface area contributed by atoms with Crippen molar-refractivity contribution in [1.29, 1.82) is 0 Å². The first-order chi connectivity index (χ1) is 14.5. The van der Waals surface area contributed by atoms with Crippen LogP contribution in [-0.2, 0) is 22.6 Å². The van der Waals surface area contributed by atoms with Crippen molar-refractivity contribution in [2.75, 3.05) is 33.9 Å². The van der Waals surface area contributed by atoms with Crippen molar-refractivity contribution < 1.29 is 19.1 Å². The predicted molar refractivity (Wildman–Crippen MR) is 120 cm³/mol. The minimum atomic E-state index is -0.0764. The van der Waals surface area contributed by atoms with Crippen LogP contribution in [0.25, 0.3) is 0 Å². The molecular weight excluding hydrogens is 400 g/mol. The van der Waals surface area contributed by atoms with Gasteiger partial charge in [-0.1, -0.05) is 25.1 Å². The number of carbonyl (C=O) groups is 2. The Hall–Kier alpha value is -2.80. The smallest absolute Gasteiger partial charge is 0.242 e. The fraction of sp³-hybridized carbons (Fsp3) is 0.391. The fourth-order valence-electron chi connectivity index (χ4n) is 3.08. The molecule has 0 saturated carbocycles. The molecule has 1 heterocycles. The van der Waals surface area contributed by atoms with Gasteiger partial charge in [0.2, 0.25) is 11.8 Å². The normalized spacial score (nSPS) is 10.4. The molecule has 162 valence electrons. The van der Waals surface area contributed by atoms with Crippen LogP contribution in [0.15, 0.2) is 48.4 Å². The highest BCUT2D eigenvalue weighted by Gasteiger charge is 2.20. The second-order valence-corrected chi connectivity index (χ2v) is 7.78. The van der Waals surface area contributed by atoms with E-state index in [0.29, 0.717) is 44.0 Å². The van der Waals surface area contributed by atoms with E-state index in [0.717, 1.165) is 10.4 Å². The number of hydrogen-bond acceptors (Lipinski definition) is 5. The van der Waals surface area contributed by atoms with Crippen LogP contribution >= 0.6 is 11.3 Å². The molecule has 0 N–H and O–H groups in total.